The number of alkyl halides is 2. The molecule has 3 aromatic rings. The van der Waals surface area contributed by atoms with Gasteiger partial charge in [-0.15, -0.1) is 5.10 Å². The van der Waals surface area contributed by atoms with E-state index >= 15 is 0 Å². The van der Waals surface area contributed by atoms with Gasteiger partial charge in [-0.25, -0.2) is 13.5 Å². The molecule has 30 heavy (non-hydrogen) atoms. The molecule has 0 radical (unpaired) electrons. The Morgan fingerprint density at radius 1 is 1.40 bits per heavy atom. The maximum absolute atomic E-state index is 13.3. The highest BCUT2D eigenvalue weighted by atomic mass is 35.5. The average molecular weight is 456 g/mol. The normalized spacial score (nSPS) is 18.2. The van der Waals surface area contributed by atoms with E-state index in [1.807, 2.05) is 0 Å². The van der Waals surface area contributed by atoms with Crippen molar-refractivity contribution in [3.05, 3.63) is 52.0 Å². The van der Waals surface area contributed by atoms with Crippen molar-refractivity contribution in [3.63, 3.8) is 0 Å². The van der Waals surface area contributed by atoms with E-state index in [-0.39, 0.29) is 24.2 Å². The van der Waals surface area contributed by atoms with Crippen molar-refractivity contribution in [2.75, 3.05) is 10.6 Å². The SMILES string of the molecule is C[C@H]1C[C@H](C(F)F)n2nc(C(=O)Nc3cnn(Cc4ccc(Cl)cc4Cl)c3)nc2N1. The Morgan fingerprint density at radius 3 is 2.93 bits per heavy atom. The van der Waals surface area contributed by atoms with Gasteiger partial charge in [-0.05, 0) is 31.0 Å². The van der Waals surface area contributed by atoms with Gasteiger partial charge in [0.15, 0.2) is 0 Å². The second kappa shape index (κ2) is 8.19. The number of rotatable bonds is 5. The van der Waals surface area contributed by atoms with E-state index in [9.17, 15) is 13.6 Å². The number of aromatic nitrogens is 5. The lowest BCUT2D eigenvalue weighted by Gasteiger charge is -2.28. The highest BCUT2D eigenvalue weighted by Gasteiger charge is 2.34. The molecule has 1 amide bonds. The molecule has 1 aromatic carbocycles. The summed E-state index contributed by atoms with van der Waals surface area (Å²) in [5.74, 6) is -0.675. The lowest BCUT2D eigenvalue weighted by molar-refractivity contribution is 0.0662. The van der Waals surface area contributed by atoms with Crippen LogP contribution in [0.25, 0.3) is 0 Å². The van der Waals surface area contributed by atoms with Gasteiger partial charge in [-0.2, -0.15) is 10.1 Å². The predicted molar refractivity (Wildman–Crippen MR) is 109 cm³/mol. The molecule has 3 heterocycles. The minimum Gasteiger partial charge on any atom is -0.352 e. The van der Waals surface area contributed by atoms with Gasteiger partial charge in [-0.1, -0.05) is 29.3 Å². The summed E-state index contributed by atoms with van der Waals surface area (Å²) in [7, 11) is 0. The maximum Gasteiger partial charge on any atom is 0.295 e. The summed E-state index contributed by atoms with van der Waals surface area (Å²) in [5.41, 5.74) is 1.22. The quantitative estimate of drug-likeness (QED) is 0.604. The standard InChI is InChI=1S/C18H17Cl2F2N7O/c1-9-4-14(15(21)22)29-18(24-9)26-16(27-29)17(30)25-12-6-23-28(8-12)7-10-2-3-11(19)5-13(10)20/h2-3,5-6,8-9,14-15H,4,7H2,1H3,(H,25,30)(H,24,26,27)/t9-,14+/m0/s1. The molecule has 1 aliphatic heterocycles. The molecule has 0 aliphatic carbocycles. The summed E-state index contributed by atoms with van der Waals surface area (Å²) in [4.78, 5) is 16.6. The van der Waals surface area contributed by atoms with Crippen molar-refractivity contribution in [3.8, 4) is 0 Å². The fourth-order valence-electron chi connectivity index (χ4n) is 3.23. The Hall–Kier alpha value is -2.72. The predicted octanol–water partition coefficient (Wildman–Crippen LogP) is 4.09. The molecule has 4 rings (SSSR count). The van der Waals surface area contributed by atoms with E-state index in [1.165, 1.54) is 6.20 Å². The van der Waals surface area contributed by atoms with Crippen molar-refractivity contribution >= 4 is 40.7 Å². The number of halogens is 4. The zero-order valence-electron chi connectivity index (χ0n) is 15.7. The van der Waals surface area contributed by atoms with Crippen LogP contribution in [0.3, 0.4) is 0 Å². The summed E-state index contributed by atoms with van der Waals surface area (Å²) in [6.07, 6.45) is 0.653. The molecule has 0 unspecified atom stereocenters. The average Bonchev–Trinajstić information content (AvgIpc) is 3.30. The number of carbonyl (C=O) groups is 1. The lowest BCUT2D eigenvalue weighted by Crippen LogP contribution is -2.33. The van der Waals surface area contributed by atoms with Crippen LogP contribution in [0.1, 0.15) is 35.6 Å². The molecule has 0 saturated heterocycles. The van der Waals surface area contributed by atoms with Gasteiger partial charge < -0.3 is 10.6 Å². The molecule has 2 atom stereocenters. The molecule has 158 valence electrons. The van der Waals surface area contributed by atoms with Crippen LogP contribution in [0, 0.1) is 0 Å². The van der Waals surface area contributed by atoms with Crippen molar-refractivity contribution in [1.29, 1.82) is 0 Å². The molecule has 12 heteroatoms. The first-order chi connectivity index (χ1) is 14.3. The summed E-state index contributed by atoms with van der Waals surface area (Å²) >= 11 is 12.1. The van der Waals surface area contributed by atoms with E-state index in [0.29, 0.717) is 22.3 Å². The van der Waals surface area contributed by atoms with Crippen LogP contribution in [0.4, 0.5) is 20.4 Å². The van der Waals surface area contributed by atoms with E-state index in [1.54, 1.807) is 36.0 Å². The fourth-order valence-corrected chi connectivity index (χ4v) is 3.69. The molecule has 8 nitrogen and oxygen atoms in total. The first-order valence-corrected chi connectivity index (χ1v) is 9.84. The number of amides is 1. The first kappa shape index (κ1) is 20.5. The largest absolute Gasteiger partial charge is 0.352 e. The number of nitrogens with zero attached hydrogens (tertiary/aromatic N) is 5. The Morgan fingerprint density at radius 2 is 2.20 bits per heavy atom. The Kier molecular flexibility index (Phi) is 5.61. The fraction of sp³-hybridized carbons (Fsp3) is 0.333. The number of hydrogen-bond acceptors (Lipinski definition) is 5. The third-order valence-electron chi connectivity index (χ3n) is 4.65. The molecule has 0 spiro atoms. The Bertz CT molecular complexity index is 1080. The molecular weight excluding hydrogens is 439 g/mol. The smallest absolute Gasteiger partial charge is 0.295 e. The van der Waals surface area contributed by atoms with Crippen LogP contribution >= 0.6 is 23.2 Å². The van der Waals surface area contributed by atoms with Crippen LogP contribution in [-0.2, 0) is 6.54 Å². The minimum absolute atomic E-state index is 0.150. The molecule has 2 aromatic heterocycles. The van der Waals surface area contributed by atoms with Crippen molar-refractivity contribution in [1.82, 2.24) is 24.5 Å². The zero-order chi connectivity index (χ0) is 21.4. The van der Waals surface area contributed by atoms with Gasteiger partial charge in [0.05, 0.1) is 18.4 Å². The summed E-state index contributed by atoms with van der Waals surface area (Å²) in [6, 6.07) is 3.82. The van der Waals surface area contributed by atoms with Crippen LogP contribution in [-0.4, -0.2) is 42.9 Å². The third kappa shape index (κ3) is 4.24. The highest BCUT2D eigenvalue weighted by molar-refractivity contribution is 6.35. The monoisotopic (exact) mass is 455 g/mol. The molecule has 0 bridgehead atoms. The van der Waals surface area contributed by atoms with E-state index in [0.717, 1.165) is 10.2 Å². The third-order valence-corrected chi connectivity index (χ3v) is 5.24. The van der Waals surface area contributed by atoms with E-state index < -0.39 is 18.4 Å². The molecule has 1 aliphatic rings. The van der Waals surface area contributed by atoms with Gasteiger partial charge in [-0.3, -0.25) is 9.48 Å². The summed E-state index contributed by atoms with van der Waals surface area (Å²) < 4.78 is 29.3. The van der Waals surface area contributed by atoms with Crippen molar-refractivity contribution in [2.45, 2.75) is 38.4 Å². The molecule has 0 fully saturated rings. The molecule has 0 saturated carbocycles. The second-order valence-electron chi connectivity index (χ2n) is 7.00. The van der Waals surface area contributed by atoms with E-state index in [4.69, 9.17) is 23.2 Å². The maximum atomic E-state index is 13.3. The highest BCUT2D eigenvalue weighted by Crippen LogP contribution is 2.30. The summed E-state index contributed by atoms with van der Waals surface area (Å²) in [5, 5.41) is 14.8. The zero-order valence-corrected chi connectivity index (χ0v) is 17.2. The lowest BCUT2D eigenvalue weighted by atomic mass is 10.1. The minimum atomic E-state index is -2.61. The van der Waals surface area contributed by atoms with Crippen LogP contribution in [0.2, 0.25) is 10.0 Å². The summed E-state index contributed by atoms with van der Waals surface area (Å²) in [6.45, 7) is 2.15. The second-order valence-corrected chi connectivity index (χ2v) is 7.85. The number of nitrogens with one attached hydrogen (secondary N) is 2. The van der Waals surface area contributed by atoms with Crippen LogP contribution < -0.4 is 10.6 Å². The molecular formula is C18H17Cl2F2N7O. The van der Waals surface area contributed by atoms with Gasteiger partial charge in [0.1, 0.15) is 6.04 Å². The van der Waals surface area contributed by atoms with Crippen LogP contribution in [0.5, 0.6) is 0 Å². The van der Waals surface area contributed by atoms with Gasteiger partial charge >= 0.3 is 0 Å². The topological polar surface area (TPSA) is 89.7 Å². The molecule has 2 N–H and O–H groups in total. The number of carbonyl (C=O) groups excluding carboxylic acids is 1. The first-order valence-electron chi connectivity index (χ1n) is 9.09. The Balaban J connectivity index is 1.47. The van der Waals surface area contributed by atoms with E-state index in [2.05, 4.69) is 25.8 Å². The van der Waals surface area contributed by atoms with Gasteiger partial charge in [0.25, 0.3) is 12.3 Å². The number of fused-ring (bicyclic) bond motifs is 1. The number of hydrogen-bond donors (Lipinski definition) is 2. The van der Waals surface area contributed by atoms with Crippen LogP contribution in [0.15, 0.2) is 30.6 Å². The Labute approximate surface area is 180 Å². The van der Waals surface area contributed by atoms with Crippen molar-refractivity contribution in [2.24, 2.45) is 0 Å². The van der Waals surface area contributed by atoms with Crippen molar-refractivity contribution < 1.29 is 13.6 Å². The number of benzene rings is 1. The van der Waals surface area contributed by atoms with Gasteiger partial charge in [0, 0.05) is 22.3 Å². The number of anilines is 2. The van der Waals surface area contributed by atoms with Gasteiger partial charge in [0.2, 0.25) is 11.8 Å².